The Balaban J connectivity index is 1.58. The van der Waals surface area contributed by atoms with Crippen molar-refractivity contribution in [3.05, 3.63) is 71.8 Å². The van der Waals surface area contributed by atoms with Gasteiger partial charge in [-0.05, 0) is 5.56 Å². The first-order chi connectivity index (χ1) is 14.6. The fourth-order valence-corrected chi connectivity index (χ4v) is 4.09. The third-order valence-electron chi connectivity index (χ3n) is 5.60. The van der Waals surface area contributed by atoms with Gasteiger partial charge >= 0.3 is 0 Å². The molecule has 0 bridgehead atoms. The van der Waals surface area contributed by atoms with Crippen LogP contribution in [0.3, 0.4) is 0 Å². The largest absolute Gasteiger partial charge is 0.388 e. The van der Waals surface area contributed by atoms with E-state index >= 15 is 0 Å². The second kappa shape index (κ2) is 9.24. The molecule has 7 nitrogen and oxygen atoms in total. The summed E-state index contributed by atoms with van der Waals surface area (Å²) < 4.78 is 23.5. The Morgan fingerprint density at radius 2 is 1.77 bits per heavy atom. The lowest BCUT2D eigenvalue weighted by Crippen LogP contribution is -2.67. The number of carbonyl (C=O) groups excluding carboxylic acids is 1. The molecule has 2 fully saturated rings. The SMILES string of the molecule is CO[C@H]1O[C@@H]2CO[C@@H](c3ccccc3)O[C@H]2[C@@H](O)[C@@H]1N(Cc1ccccc1)C(C)=O. The number of hydrogen-bond acceptors (Lipinski definition) is 6. The maximum absolute atomic E-state index is 12.5. The Kier molecular flexibility index (Phi) is 6.46. The van der Waals surface area contributed by atoms with Gasteiger partial charge < -0.3 is 29.0 Å². The molecule has 0 spiro atoms. The summed E-state index contributed by atoms with van der Waals surface area (Å²) in [5, 5.41) is 11.3. The Labute approximate surface area is 176 Å². The number of amides is 1. The maximum atomic E-state index is 12.5. The van der Waals surface area contributed by atoms with E-state index in [2.05, 4.69) is 0 Å². The smallest absolute Gasteiger partial charge is 0.220 e. The van der Waals surface area contributed by atoms with Crippen molar-refractivity contribution in [2.75, 3.05) is 13.7 Å². The molecular formula is C23H27NO6. The highest BCUT2D eigenvalue weighted by molar-refractivity contribution is 5.73. The number of ether oxygens (including phenoxy) is 4. The van der Waals surface area contributed by atoms with Gasteiger partial charge in [-0.15, -0.1) is 0 Å². The van der Waals surface area contributed by atoms with Crippen LogP contribution >= 0.6 is 0 Å². The number of benzene rings is 2. The second-order valence-electron chi connectivity index (χ2n) is 7.57. The highest BCUT2D eigenvalue weighted by Crippen LogP contribution is 2.36. The second-order valence-corrected chi connectivity index (χ2v) is 7.57. The van der Waals surface area contributed by atoms with Crippen molar-refractivity contribution in [1.82, 2.24) is 4.90 Å². The van der Waals surface area contributed by atoms with Gasteiger partial charge in [0, 0.05) is 26.1 Å². The van der Waals surface area contributed by atoms with Crippen molar-refractivity contribution in [1.29, 1.82) is 0 Å². The molecule has 30 heavy (non-hydrogen) atoms. The fourth-order valence-electron chi connectivity index (χ4n) is 4.09. The van der Waals surface area contributed by atoms with Crippen LogP contribution in [0.15, 0.2) is 60.7 Å². The average molecular weight is 413 g/mol. The Hall–Kier alpha value is -2.29. The van der Waals surface area contributed by atoms with Gasteiger partial charge in [-0.1, -0.05) is 60.7 Å². The third-order valence-corrected chi connectivity index (χ3v) is 5.60. The molecule has 1 N–H and O–H groups in total. The average Bonchev–Trinajstić information content (AvgIpc) is 2.78. The summed E-state index contributed by atoms with van der Waals surface area (Å²) in [6.45, 7) is 2.07. The zero-order valence-electron chi connectivity index (χ0n) is 17.1. The zero-order valence-corrected chi connectivity index (χ0v) is 17.1. The zero-order chi connectivity index (χ0) is 21.1. The van der Waals surface area contributed by atoms with Crippen LogP contribution in [-0.2, 0) is 30.3 Å². The van der Waals surface area contributed by atoms with E-state index in [0.29, 0.717) is 6.54 Å². The lowest BCUT2D eigenvalue weighted by atomic mass is 9.94. The van der Waals surface area contributed by atoms with Crippen LogP contribution in [0.25, 0.3) is 0 Å². The molecule has 2 aromatic rings. The monoisotopic (exact) mass is 413 g/mol. The first-order valence-corrected chi connectivity index (χ1v) is 10.1. The maximum Gasteiger partial charge on any atom is 0.220 e. The third kappa shape index (κ3) is 4.26. The number of carbonyl (C=O) groups is 1. The van der Waals surface area contributed by atoms with Gasteiger partial charge in [-0.3, -0.25) is 4.79 Å². The predicted molar refractivity (Wildman–Crippen MR) is 108 cm³/mol. The summed E-state index contributed by atoms with van der Waals surface area (Å²) in [5.74, 6) is -0.182. The van der Waals surface area contributed by atoms with E-state index in [4.69, 9.17) is 18.9 Å². The molecule has 1 amide bonds. The minimum atomic E-state index is -1.00. The standard InChI is InChI=1S/C23H27NO6/c1-15(25)24(13-16-9-5-3-6-10-16)19-20(26)21-18(29-23(19)27-2)14-28-22(30-21)17-11-7-4-8-12-17/h3-12,18-23,26H,13-14H2,1-2H3/t18-,19+,20+,21-,22-,23+/m1/s1. The fraction of sp³-hybridized carbons (Fsp3) is 0.435. The molecule has 0 radical (unpaired) electrons. The molecule has 2 aliphatic rings. The topological polar surface area (TPSA) is 77.5 Å². The van der Waals surface area contributed by atoms with Gasteiger partial charge in [-0.2, -0.15) is 0 Å². The summed E-state index contributed by atoms with van der Waals surface area (Å²) in [6, 6.07) is 18.5. The normalized spacial score (nSPS) is 31.0. The summed E-state index contributed by atoms with van der Waals surface area (Å²) in [5.41, 5.74) is 1.81. The number of nitrogens with zero attached hydrogens (tertiary/aromatic N) is 1. The molecule has 0 saturated carbocycles. The quantitative estimate of drug-likeness (QED) is 0.810. The van der Waals surface area contributed by atoms with E-state index in [1.807, 2.05) is 60.7 Å². The van der Waals surface area contributed by atoms with Crippen molar-refractivity contribution in [3.8, 4) is 0 Å². The van der Waals surface area contributed by atoms with Crippen molar-refractivity contribution in [2.45, 2.75) is 50.4 Å². The summed E-state index contributed by atoms with van der Waals surface area (Å²) >= 11 is 0. The van der Waals surface area contributed by atoms with Crippen LogP contribution in [-0.4, -0.2) is 60.3 Å². The number of aliphatic hydroxyl groups is 1. The number of methoxy groups -OCH3 is 1. The van der Waals surface area contributed by atoms with Gasteiger partial charge in [-0.25, -0.2) is 0 Å². The van der Waals surface area contributed by atoms with Crippen LogP contribution in [0, 0.1) is 0 Å². The van der Waals surface area contributed by atoms with Crippen molar-refractivity contribution in [3.63, 3.8) is 0 Å². The molecule has 0 unspecified atom stereocenters. The number of fused-ring (bicyclic) bond motifs is 1. The van der Waals surface area contributed by atoms with Crippen molar-refractivity contribution >= 4 is 5.91 Å². The molecule has 160 valence electrons. The van der Waals surface area contributed by atoms with Gasteiger partial charge in [0.25, 0.3) is 0 Å². The lowest BCUT2D eigenvalue weighted by molar-refractivity contribution is -0.349. The van der Waals surface area contributed by atoms with Crippen LogP contribution < -0.4 is 0 Å². The Morgan fingerprint density at radius 3 is 2.40 bits per heavy atom. The van der Waals surface area contributed by atoms with Crippen LogP contribution in [0.4, 0.5) is 0 Å². The number of rotatable bonds is 5. The molecule has 2 heterocycles. The van der Waals surface area contributed by atoms with E-state index < -0.39 is 36.9 Å². The van der Waals surface area contributed by atoms with Crippen molar-refractivity contribution < 1.29 is 28.8 Å². The van der Waals surface area contributed by atoms with Gasteiger partial charge in [0.1, 0.15) is 24.4 Å². The Bertz CT molecular complexity index is 832. The first kappa shape index (κ1) is 21.0. The van der Waals surface area contributed by atoms with Gasteiger partial charge in [0.2, 0.25) is 5.91 Å². The molecule has 6 atom stereocenters. The van der Waals surface area contributed by atoms with E-state index in [1.165, 1.54) is 14.0 Å². The molecule has 7 heteroatoms. The molecule has 2 aliphatic heterocycles. The first-order valence-electron chi connectivity index (χ1n) is 10.1. The molecule has 2 saturated heterocycles. The number of aliphatic hydroxyl groups excluding tert-OH is 1. The van der Waals surface area contributed by atoms with E-state index in [1.54, 1.807) is 4.90 Å². The summed E-state index contributed by atoms with van der Waals surface area (Å²) in [4.78, 5) is 14.1. The molecule has 4 rings (SSSR count). The minimum absolute atomic E-state index is 0.182. The highest BCUT2D eigenvalue weighted by Gasteiger charge is 2.52. The minimum Gasteiger partial charge on any atom is -0.388 e. The van der Waals surface area contributed by atoms with Crippen LogP contribution in [0.1, 0.15) is 24.3 Å². The summed E-state index contributed by atoms with van der Waals surface area (Å²) in [6.07, 6.45) is -3.55. The summed E-state index contributed by atoms with van der Waals surface area (Å²) in [7, 11) is 1.50. The lowest BCUT2D eigenvalue weighted by Gasteiger charge is -2.50. The molecule has 0 aromatic heterocycles. The van der Waals surface area contributed by atoms with Gasteiger partial charge in [0.15, 0.2) is 12.6 Å². The molecule has 0 aliphatic carbocycles. The van der Waals surface area contributed by atoms with Crippen molar-refractivity contribution in [2.24, 2.45) is 0 Å². The van der Waals surface area contributed by atoms with E-state index in [0.717, 1.165) is 11.1 Å². The van der Waals surface area contributed by atoms with Gasteiger partial charge in [0.05, 0.1) is 6.61 Å². The predicted octanol–water partition coefficient (Wildman–Crippen LogP) is 2.25. The highest BCUT2D eigenvalue weighted by atomic mass is 16.7. The van der Waals surface area contributed by atoms with Crippen LogP contribution in [0.2, 0.25) is 0 Å². The van der Waals surface area contributed by atoms with E-state index in [-0.39, 0.29) is 12.5 Å². The van der Waals surface area contributed by atoms with Crippen LogP contribution in [0.5, 0.6) is 0 Å². The number of hydrogen-bond donors (Lipinski definition) is 1. The molecular weight excluding hydrogens is 386 g/mol. The molecule has 2 aromatic carbocycles. The Morgan fingerprint density at radius 1 is 1.10 bits per heavy atom. The van der Waals surface area contributed by atoms with E-state index in [9.17, 15) is 9.90 Å².